The van der Waals surface area contributed by atoms with Gasteiger partial charge in [-0.05, 0) is 94.4 Å². The van der Waals surface area contributed by atoms with Crippen molar-refractivity contribution >= 4 is 78.2 Å². The normalized spacial score (nSPS) is 12.6. The van der Waals surface area contributed by atoms with Crippen LogP contribution in [0, 0.1) is 7.14 Å². The van der Waals surface area contributed by atoms with Gasteiger partial charge in [-0.15, -0.1) is 0 Å². The molecule has 2 aromatic carbocycles. The van der Waals surface area contributed by atoms with Gasteiger partial charge in [0.05, 0.1) is 30.4 Å². The highest BCUT2D eigenvalue weighted by Crippen LogP contribution is 2.29. The van der Waals surface area contributed by atoms with Gasteiger partial charge in [-0.1, -0.05) is 29.8 Å². The highest BCUT2D eigenvalue weighted by molar-refractivity contribution is 14.1. The number of aromatic nitrogens is 2. The number of rotatable bonds is 6. The summed E-state index contributed by atoms with van der Waals surface area (Å²) in [6.07, 6.45) is 3.41. The molecule has 0 N–H and O–H groups in total. The zero-order valence-electron chi connectivity index (χ0n) is 16.2. The second kappa shape index (κ2) is 9.86. The van der Waals surface area contributed by atoms with E-state index in [1.54, 1.807) is 12.3 Å². The standard InChI is InChI=1S/C21H20BrI2N3O2/c1-4-12(3)29-20-16(23)8-13(9-17(20)24)11-25-27-19(5-2)26-18-7-6-14(22)10-15(18)21(27)28/h6-12H,4-5H2,1-3H3/t12-/m1/s1. The van der Waals surface area contributed by atoms with Crippen molar-refractivity contribution < 1.29 is 4.74 Å². The number of benzene rings is 2. The Morgan fingerprint density at radius 3 is 2.55 bits per heavy atom. The minimum Gasteiger partial charge on any atom is -0.489 e. The summed E-state index contributed by atoms with van der Waals surface area (Å²) in [4.78, 5) is 17.6. The minimum absolute atomic E-state index is 0.158. The van der Waals surface area contributed by atoms with Crippen LogP contribution in [0.4, 0.5) is 0 Å². The van der Waals surface area contributed by atoms with E-state index >= 15 is 0 Å². The molecule has 0 bridgehead atoms. The smallest absolute Gasteiger partial charge is 0.282 e. The maximum atomic E-state index is 13.0. The lowest BCUT2D eigenvalue weighted by Gasteiger charge is -2.16. The van der Waals surface area contributed by atoms with Crippen molar-refractivity contribution in [3.05, 3.63) is 63.7 Å². The van der Waals surface area contributed by atoms with Gasteiger partial charge in [-0.3, -0.25) is 4.79 Å². The number of fused-ring (bicyclic) bond motifs is 1. The summed E-state index contributed by atoms with van der Waals surface area (Å²) < 4.78 is 10.3. The molecule has 0 radical (unpaired) electrons. The summed E-state index contributed by atoms with van der Waals surface area (Å²) in [5, 5.41) is 5.01. The SMILES string of the molecule is CCc1nc2ccc(Br)cc2c(=O)n1N=Cc1cc(I)c(O[C@H](C)CC)c(I)c1. The van der Waals surface area contributed by atoms with Crippen molar-refractivity contribution in [3.8, 4) is 5.75 Å². The molecule has 1 aromatic heterocycles. The molecule has 5 nitrogen and oxygen atoms in total. The highest BCUT2D eigenvalue weighted by atomic mass is 127. The van der Waals surface area contributed by atoms with Crippen LogP contribution in [0.5, 0.6) is 5.75 Å². The molecule has 1 atom stereocenters. The van der Waals surface area contributed by atoms with Crippen LogP contribution in [0.1, 0.15) is 38.6 Å². The molecule has 1 heterocycles. The zero-order valence-corrected chi connectivity index (χ0v) is 22.1. The van der Waals surface area contributed by atoms with Crippen LogP contribution in [0.25, 0.3) is 10.9 Å². The third-order valence-electron chi connectivity index (χ3n) is 4.43. The Labute approximate surface area is 205 Å². The van der Waals surface area contributed by atoms with Gasteiger partial charge in [0.15, 0.2) is 0 Å². The van der Waals surface area contributed by atoms with Crippen LogP contribution < -0.4 is 10.3 Å². The van der Waals surface area contributed by atoms with Crippen LogP contribution in [-0.4, -0.2) is 22.0 Å². The number of aryl methyl sites for hydroxylation is 1. The Kier molecular flexibility index (Phi) is 7.71. The topological polar surface area (TPSA) is 56.5 Å². The van der Waals surface area contributed by atoms with Gasteiger partial charge in [0.2, 0.25) is 0 Å². The highest BCUT2D eigenvalue weighted by Gasteiger charge is 2.12. The molecule has 3 rings (SSSR count). The predicted octanol–water partition coefficient (Wildman–Crippen LogP) is 5.99. The molecule has 0 fully saturated rings. The quantitative estimate of drug-likeness (QED) is 0.238. The van der Waals surface area contributed by atoms with E-state index < -0.39 is 0 Å². The summed E-state index contributed by atoms with van der Waals surface area (Å²) in [5.41, 5.74) is 1.40. The molecule has 0 amide bonds. The number of hydrogen-bond donors (Lipinski definition) is 0. The number of hydrogen-bond acceptors (Lipinski definition) is 4. The summed E-state index contributed by atoms with van der Waals surface area (Å²) in [6, 6.07) is 9.52. The van der Waals surface area contributed by atoms with E-state index in [-0.39, 0.29) is 11.7 Å². The molecule has 8 heteroatoms. The first-order chi connectivity index (χ1) is 13.8. The number of nitrogens with zero attached hydrogens (tertiary/aromatic N) is 3. The fourth-order valence-electron chi connectivity index (χ4n) is 2.72. The van der Waals surface area contributed by atoms with E-state index in [9.17, 15) is 4.79 Å². The van der Waals surface area contributed by atoms with Crippen molar-refractivity contribution in [3.63, 3.8) is 0 Å². The van der Waals surface area contributed by atoms with E-state index in [0.717, 1.165) is 29.3 Å². The van der Waals surface area contributed by atoms with Crippen molar-refractivity contribution in [2.75, 3.05) is 0 Å². The van der Waals surface area contributed by atoms with Gasteiger partial charge in [0.1, 0.15) is 11.6 Å². The Balaban J connectivity index is 2.02. The summed E-state index contributed by atoms with van der Waals surface area (Å²) in [5.74, 6) is 1.52. The van der Waals surface area contributed by atoms with Gasteiger partial charge in [-0.25, -0.2) is 4.98 Å². The third-order valence-corrected chi connectivity index (χ3v) is 6.52. The monoisotopic (exact) mass is 679 g/mol. The van der Waals surface area contributed by atoms with Crippen molar-refractivity contribution in [2.24, 2.45) is 5.10 Å². The molecule has 0 spiro atoms. The van der Waals surface area contributed by atoms with Crippen molar-refractivity contribution in [2.45, 2.75) is 39.7 Å². The maximum Gasteiger partial charge on any atom is 0.282 e. The van der Waals surface area contributed by atoms with Crippen LogP contribution in [0.3, 0.4) is 0 Å². The van der Waals surface area contributed by atoms with Gasteiger partial charge >= 0.3 is 0 Å². The lowest BCUT2D eigenvalue weighted by Crippen LogP contribution is -2.22. The molecular weight excluding hydrogens is 660 g/mol. The van der Waals surface area contributed by atoms with Crippen molar-refractivity contribution in [1.29, 1.82) is 0 Å². The zero-order chi connectivity index (χ0) is 21.1. The first-order valence-corrected chi connectivity index (χ1v) is 12.2. The first kappa shape index (κ1) is 22.7. The van der Waals surface area contributed by atoms with E-state index in [1.807, 2.05) is 31.2 Å². The average molecular weight is 680 g/mol. The Morgan fingerprint density at radius 1 is 1.24 bits per heavy atom. The number of halogens is 3. The van der Waals surface area contributed by atoms with Crippen LogP contribution in [0.15, 0.2) is 44.7 Å². The largest absolute Gasteiger partial charge is 0.489 e. The van der Waals surface area contributed by atoms with Gasteiger partial charge in [0, 0.05) is 10.9 Å². The predicted molar refractivity (Wildman–Crippen MR) is 138 cm³/mol. The molecule has 0 aliphatic rings. The van der Waals surface area contributed by atoms with E-state index in [0.29, 0.717) is 23.1 Å². The van der Waals surface area contributed by atoms with Crippen molar-refractivity contribution in [1.82, 2.24) is 9.66 Å². The van der Waals surface area contributed by atoms with Crippen LogP contribution in [0.2, 0.25) is 0 Å². The lowest BCUT2D eigenvalue weighted by atomic mass is 10.2. The van der Waals surface area contributed by atoms with E-state index in [4.69, 9.17) is 4.74 Å². The first-order valence-electron chi connectivity index (χ1n) is 9.25. The second-order valence-electron chi connectivity index (χ2n) is 6.55. The molecule has 0 aliphatic carbocycles. The summed E-state index contributed by atoms with van der Waals surface area (Å²) >= 11 is 7.97. The Morgan fingerprint density at radius 2 is 1.93 bits per heavy atom. The van der Waals surface area contributed by atoms with Crippen LogP contribution >= 0.6 is 61.1 Å². The molecule has 3 aromatic rings. The molecule has 29 heavy (non-hydrogen) atoms. The van der Waals surface area contributed by atoms with Crippen LogP contribution in [-0.2, 0) is 6.42 Å². The number of ether oxygens (including phenoxy) is 1. The lowest BCUT2D eigenvalue weighted by molar-refractivity contribution is 0.214. The maximum absolute atomic E-state index is 13.0. The minimum atomic E-state index is -0.175. The van der Waals surface area contributed by atoms with E-state index in [1.165, 1.54) is 4.68 Å². The molecule has 0 unspecified atom stereocenters. The molecule has 152 valence electrons. The van der Waals surface area contributed by atoms with Gasteiger partial charge < -0.3 is 4.74 Å². The molecule has 0 saturated heterocycles. The fourth-order valence-corrected chi connectivity index (χ4v) is 5.15. The van der Waals surface area contributed by atoms with Gasteiger partial charge in [-0.2, -0.15) is 9.78 Å². The average Bonchev–Trinajstić information content (AvgIpc) is 2.70. The van der Waals surface area contributed by atoms with Gasteiger partial charge in [0.25, 0.3) is 5.56 Å². The molecule has 0 saturated carbocycles. The molecular formula is C21H20BrI2N3O2. The van der Waals surface area contributed by atoms with E-state index in [2.05, 4.69) is 85.0 Å². The Hall–Kier alpha value is -1.01. The second-order valence-corrected chi connectivity index (χ2v) is 9.80. The Bertz CT molecular complexity index is 1120. The summed E-state index contributed by atoms with van der Waals surface area (Å²) in [7, 11) is 0. The third kappa shape index (κ3) is 5.19. The fraction of sp³-hybridized carbons (Fsp3) is 0.286. The molecule has 0 aliphatic heterocycles. The summed E-state index contributed by atoms with van der Waals surface area (Å²) in [6.45, 7) is 6.13.